The van der Waals surface area contributed by atoms with Crippen molar-refractivity contribution < 1.29 is 0 Å². The minimum Gasteiger partial charge on any atom is -0.243 e. The Morgan fingerprint density at radius 2 is 0.800 bits per heavy atom. The molecule has 0 atom stereocenters. The van der Waals surface area contributed by atoms with E-state index in [1.807, 2.05) is 0 Å². The van der Waals surface area contributed by atoms with Gasteiger partial charge in [-0.2, -0.15) is 11.1 Å². The van der Waals surface area contributed by atoms with Gasteiger partial charge >= 0.3 is 0 Å². The Hall–Kier alpha value is -0.240. The van der Waals surface area contributed by atoms with E-state index in [0.29, 0.717) is 0 Å². The average molecular weight is 146 g/mol. The maximum Gasteiger partial charge on any atom is 0.0253 e. The summed E-state index contributed by atoms with van der Waals surface area (Å²) in [5.74, 6) is 0. The molecule has 2 saturated heterocycles. The number of hydrogen-bond acceptors (Lipinski definition) is 6. The van der Waals surface area contributed by atoms with E-state index in [4.69, 9.17) is 0 Å². The van der Waals surface area contributed by atoms with Gasteiger partial charge in [-0.15, -0.1) is 0 Å². The molecule has 0 spiro atoms. The summed E-state index contributed by atoms with van der Waals surface area (Å²) in [6.45, 7) is 4.11. The van der Waals surface area contributed by atoms with Crippen molar-refractivity contribution in [2.24, 2.45) is 0 Å². The van der Waals surface area contributed by atoms with Gasteiger partial charge in [0.25, 0.3) is 0 Å². The molecule has 0 saturated carbocycles. The van der Waals surface area contributed by atoms with Crippen LogP contribution in [0.25, 0.3) is 0 Å². The van der Waals surface area contributed by atoms with Gasteiger partial charge in [-0.1, -0.05) is 0 Å². The Balaban J connectivity index is 0.0000001000. The van der Waals surface area contributed by atoms with Crippen molar-refractivity contribution in [1.29, 1.82) is 0 Å². The Labute approximate surface area is 60.0 Å². The molecule has 2 rings (SSSR count). The van der Waals surface area contributed by atoms with Crippen molar-refractivity contribution in [2.45, 2.75) is 0 Å². The molecule has 2 aliphatic rings. The van der Waals surface area contributed by atoms with Crippen LogP contribution in [0.2, 0.25) is 0 Å². The molecule has 0 unspecified atom stereocenters. The molecule has 0 bridgehead atoms. The Bertz CT molecular complexity index is 42.9. The van der Waals surface area contributed by atoms with E-state index in [1.54, 1.807) is 0 Å². The standard InChI is InChI=1S/2C2H7N3/c2*1-2-4-5-3-1/h2*3-5H,1-2H2. The predicted molar refractivity (Wildman–Crippen MR) is 38.3 cm³/mol. The molecule has 6 heteroatoms. The SMILES string of the molecule is C1CNNN1.C1CNNN1. The normalized spacial score (nSPS) is 24.0. The van der Waals surface area contributed by atoms with Crippen molar-refractivity contribution in [3.8, 4) is 0 Å². The summed E-state index contributed by atoms with van der Waals surface area (Å²) < 4.78 is 0. The highest BCUT2D eigenvalue weighted by molar-refractivity contribution is 4.47. The van der Waals surface area contributed by atoms with Crippen molar-refractivity contribution in [2.75, 3.05) is 26.2 Å². The number of hydrazine groups is 4. The van der Waals surface area contributed by atoms with E-state index in [9.17, 15) is 0 Å². The summed E-state index contributed by atoms with van der Waals surface area (Å²) in [7, 11) is 0. The van der Waals surface area contributed by atoms with E-state index in [2.05, 4.69) is 32.8 Å². The van der Waals surface area contributed by atoms with Gasteiger partial charge < -0.3 is 0 Å². The second kappa shape index (κ2) is 5.54. The summed E-state index contributed by atoms with van der Waals surface area (Å²) >= 11 is 0. The van der Waals surface area contributed by atoms with Crippen LogP contribution in [0.3, 0.4) is 0 Å². The lowest BCUT2D eigenvalue weighted by Gasteiger charge is -1.82. The third kappa shape index (κ3) is 3.72. The highest BCUT2D eigenvalue weighted by Gasteiger charge is 1.89. The lowest BCUT2D eigenvalue weighted by atomic mass is 10.7. The molecule has 6 N–H and O–H groups in total. The summed E-state index contributed by atoms with van der Waals surface area (Å²) in [6, 6.07) is 0. The second-order valence-electron chi connectivity index (χ2n) is 1.96. The van der Waals surface area contributed by atoms with Crippen LogP contribution >= 0.6 is 0 Å². The van der Waals surface area contributed by atoms with Crippen molar-refractivity contribution >= 4 is 0 Å². The van der Waals surface area contributed by atoms with Crippen LogP contribution in [0, 0.1) is 0 Å². The van der Waals surface area contributed by atoms with Crippen molar-refractivity contribution in [3.05, 3.63) is 0 Å². The van der Waals surface area contributed by atoms with Crippen LogP contribution in [-0.4, -0.2) is 26.2 Å². The third-order valence-corrected chi connectivity index (χ3v) is 1.10. The van der Waals surface area contributed by atoms with Crippen LogP contribution in [-0.2, 0) is 0 Å². The van der Waals surface area contributed by atoms with E-state index in [-0.39, 0.29) is 0 Å². The molecular formula is C4H14N6. The second-order valence-corrected chi connectivity index (χ2v) is 1.96. The first-order chi connectivity index (χ1) is 5.00. The van der Waals surface area contributed by atoms with Gasteiger partial charge in [0.2, 0.25) is 0 Å². The van der Waals surface area contributed by atoms with E-state index < -0.39 is 0 Å². The molecule has 6 nitrogen and oxygen atoms in total. The quantitative estimate of drug-likeness (QED) is 0.222. The predicted octanol–water partition coefficient (Wildman–Crippen LogP) is -2.80. The molecule has 0 amide bonds. The largest absolute Gasteiger partial charge is 0.243 e. The first-order valence-corrected chi connectivity index (χ1v) is 3.41. The molecule has 0 aliphatic carbocycles. The molecule has 2 heterocycles. The zero-order valence-corrected chi connectivity index (χ0v) is 5.83. The minimum atomic E-state index is 1.03. The molecule has 0 aromatic heterocycles. The summed E-state index contributed by atoms with van der Waals surface area (Å²) in [6.07, 6.45) is 0. The first kappa shape index (κ1) is 7.86. The third-order valence-electron chi connectivity index (χ3n) is 1.10. The van der Waals surface area contributed by atoms with Crippen LogP contribution < -0.4 is 32.8 Å². The zero-order chi connectivity index (χ0) is 7.07. The molecular weight excluding hydrogens is 132 g/mol. The fourth-order valence-electron chi connectivity index (χ4n) is 0.625. The van der Waals surface area contributed by atoms with Gasteiger partial charge in [0, 0.05) is 26.2 Å². The van der Waals surface area contributed by atoms with Gasteiger partial charge in [0.1, 0.15) is 0 Å². The zero-order valence-electron chi connectivity index (χ0n) is 5.83. The van der Waals surface area contributed by atoms with Crippen molar-refractivity contribution in [1.82, 2.24) is 32.8 Å². The lowest BCUT2D eigenvalue weighted by molar-refractivity contribution is 0.592. The smallest absolute Gasteiger partial charge is 0.0253 e. The summed E-state index contributed by atoms with van der Waals surface area (Å²) in [5, 5.41) is 0. The van der Waals surface area contributed by atoms with Crippen LogP contribution in [0.4, 0.5) is 0 Å². The Morgan fingerprint density at radius 3 is 0.900 bits per heavy atom. The maximum atomic E-state index is 2.86. The molecule has 0 radical (unpaired) electrons. The Morgan fingerprint density at radius 1 is 0.500 bits per heavy atom. The molecule has 0 aromatic rings. The topological polar surface area (TPSA) is 72.2 Å². The van der Waals surface area contributed by atoms with Gasteiger partial charge in [-0.25, -0.2) is 21.7 Å². The average Bonchev–Trinajstić information content (AvgIpc) is 2.67. The summed E-state index contributed by atoms with van der Waals surface area (Å²) in [5.41, 5.74) is 16.9. The Kier molecular flexibility index (Phi) is 4.35. The van der Waals surface area contributed by atoms with Crippen LogP contribution in [0.5, 0.6) is 0 Å². The van der Waals surface area contributed by atoms with Gasteiger partial charge in [0.15, 0.2) is 0 Å². The molecule has 2 fully saturated rings. The fourth-order valence-corrected chi connectivity index (χ4v) is 0.625. The minimum absolute atomic E-state index is 1.03. The molecule has 0 aromatic carbocycles. The lowest BCUT2D eigenvalue weighted by Crippen LogP contribution is -2.29. The van der Waals surface area contributed by atoms with Crippen LogP contribution in [0.15, 0.2) is 0 Å². The van der Waals surface area contributed by atoms with Crippen LogP contribution in [0.1, 0.15) is 0 Å². The monoisotopic (exact) mass is 146 g/mol. The summed E-state index contributed by atoms with van der Waals surface area (Å²) in [4.78, 5) is 0. The number of hydrogen-bond donors (Lipinski definition) is 6. The molecule has 60 valence electrons. The van der Waals surface area contributed by atoms with Gasteiger partial charge in [0.05, 0.1) is 0 Å². The first-order valence-electron chi connectivity index (χ1n) is 3.41. The van der Waals surface area contributed by atoms with E-state index >= 15 is 0 Å². The number of rotatable bonds is 0. The molecule has 10 heavy (non-hydrogen) atoms. The number of nitrogens with one attached hydrogen (secondary N) is 6. The van der Waals surface area contributed by atoms with Gasteiger partial charge in [-0.05, 0) is 0 Å². The van der Waals surface area contributed by atoms with Crippen molar-refractivity contribution in [3.63, 3.8) is 0 Å². The van der Waals surface area contributed by atoms with Gasteiger partial charge in [-0.3, -0.25) is 0 Å². The maximum absolute atomic E-state index is 2.86. The fraction of sp³-hybridized carbons (Fsp3) is 1.00. The highest BCUT2D eigenvalue weighted by Crippen LogP contribution is 1.54. The van der Waals surface area contributed by atoms with E-state index in [0.717, 1.165) is 26.2 Å². The highest BCUT2D eigenvalue weighted by atomic mass is 15.6. The molecule has 2 aliphatic heterocycles. The van der Waals surface area contributed by atoms with E-state index in [1.165, 1.54) is 0 Å².